The van der Waals surface area contributed by atoms with E-state index < -0.39 is 81.4 Å². The quantitative estimate of drug-likeness (QED) is 0.114. The fourth-order valence-electron chi connectivity index (χ4n) is 10.0. The molecule has 2 atom stereocenters. The Morgan fingerprint density at radius 2 is 0.885 bits per heavy atom. The second kappa shape index (κ2) is 18.8. The van der Waals surface area contributed by atoms with Crippen LogP contribution in [0.25, 0.3) is 55.9 Å². The number of nitrogens with zero attached hydrogens (tertiary/aromatic N) is 8. The molecule has 14 nitrogen and oxygen atoms in total. The number of ether oxygens (including phenoxy) is 2. The van der Waals surface area contributed by atoms with Crippen molar-refractivity contribution in [2.75, 3.05) is 0 Å². The molecule has 0 bridgehead atoms. The Morgan fingerprint density at radius 1 is 0.526 bits per heavy atom. The van der Waals surface area contributed by atoms with Crippen LogP contribution in [0, 0.1) is 80.4 Å². The number of allylic oxidation sites excluding steroid dienone is 4. The molecule has 4 aliphatic rings. The molecule has 374 valence electrons. The fourth-order valence-corrected chi connectivity index (χ4v) is 12.1. The number of aromatic nitrogens is 2. The summed E-state index contributed by atoms with van der Waals surface area (Å²) in [4.78, 5) is 65.7. The van der Waals surface area contributed by atoms with Crippen molar-refractivity contribution in [3.05, 3.63) is 186 Å². The summed E-state index contributed by atoms with van der Waals surface area (Å²) in [5.41, 5.74) is -1.46. The van der Waals surface area contributed by atoms with E-state index in [4.69, 9.17) is 9.47 Å². The summed E-state index contributed by atoms with van der Waals surface area (Å²) >= 11 is 2.11. The number of thiophene rings is 2. The SMILES string of the molecule is N#CC(C#N)=C1C(=Nc2cc3c(s2)c2c(n3C(=O)OCc3ccccc3)=CC3C=c4c(n(C(=O)OCc5ccccc5)c5cc(N=C6C(=O)c7cc(F)c(F)cc7C6=C(C#N)C#N)sc45)=CC3C=2)C(=O)c2cc(F)c(F)cc21. The number of halogens is 4. The number of rotatable bonds is 6. The van der Waals surface area contributed by atoms with Crippen molar-refractivity contribution in [2.45, 2.75) is 13.2 Å². The Bertz CT molecular complexity index is 4380. The lowest BCUT2D eigenvalue weighted by Crippen LogP contribution is -2.42. The van der Waals surface area contributed by atoms with Gasteiger partial charge in [0, 0.05) is 55.7 Å². The highest BCUT2D eigenvalue weighted by atomic mass is 32.1. The van der Waals surface area contributed by atoms with Crippen LogP contribution in [0.4, 0.5) is 37.2 Å². The first-order chi connectivity index (χ1) is 37.8. The van der Waals surface area contributed by atoms with Gasteiger partial charge in [-0.25, -0.2) is 46.3 Å². The molecule has 20 heteroatoms. The zero-order valence-corrected chi connectivity index (χ0v) is 41.1. The second-order valence-electron chi connectivity index (χ2n) is 17.9. The summed E-state index contributed by atoms with van der Waals surface area (Å²) in [6.07, 6.45) is 5.94. The van der Waals surface area contributed by atoms with Gasteiger partial charge in [0.1, 0.15) is 70.1 Å². The highest BCUT2D eigenvalue weighted by Crippen LogP contribution is 2.41. The zero-order chi connectivity index (χ0) is 54.3. The predicted molar refractivity (Wildman–Crippen MR) is 279 cm³/mol. The van der Waals surface area contributed by atoms with E-state index in [2.05, 4.69) is 9.98 Å². The standard InChI is InChI=1S/C58H26F4N8O6S2/c59-39-15-33-35(17-41(39)61)53(71)51(49(33)31(21-63)22-64)67-47-19-45-55(77-47)37-11-30-14-44-38(12-29(30)13-43(37)69(45)57(73)75-25-27-7-3-1-4-8-27)56-46(70(44)58(74)76-26-28-9-5-2-6-10-28)20-48(78-56)68-52-50(32(23-65)24-66)34-16-40(60)42(62)18-36(34)54(52)72/h1-20,29-30H,25-26H2. The van der Waals surface area contributed by atoms with Crippen LogP contribution in [0.1, 0.15) is 43.0 Å². The number of fused-ring (bicyclic) bond motifs is 9. The number of carbonyl (C=O) groups excluding carboxylic acids is 4. The van der Waals surface area contributed by atoms with Gasteiger partial charge in [-0.1, -0.05) is 85.0 Å². The molecule has 0 fully saturated rings. The highest BCUT2D eigenvalue weighted by Gasteiger charge is 2.38. The summed E-state index contributed by atoms with van der Waals surface area (Å²) in [6.45, 7) is -0.223. The normalized spacial score (nSPS) is 16.6. The molecule has 2 unspecified atom stereocenters. The van der Waals surface area contributed by atoms with Crippen LogP contribution in [-0.4, -0.2) is 44.3 Å². The number of ketones is 2. The first-order valence-corrected chi connectivity index (χ1v) is 25.0. The Hall–Kier alpha value is -10.4. The van der Waals surface area contributed by atoms with Crippen molar-refractivity contribution >= 4 is 124 Å². The molecule has 0 aliphatic heterocycles. The smallest absolute Gasteiger partial charge is 0.419 e. The van der Waals surface area contributed by atoms with E-state index in [1.54, 1.807) is 72.8 Å². The molecule has 0 saturated carbocycles. The van der Waals surface area contributed by atoms with Gasteiger partial charge >= 0.3 is 12.2 Å². The summed E-state index contributed by atoms with van der Waals surface area (Å²) in [5.74, 6) is -7.96. The van der Waals surface area contributed by atoms with Gasteiger partial charge in [-0.3, -0.25) is 9.59 Å². The third-order valence-electron chi connectivity index (χ3n) is 13.5. The number of benzene rings is 4. The minimum Gasteiger partial charge on any atom is -0.444 e. The highest BCUT2D eigenvalue weighted by molar-refractivity contribution is 7.23. The molecule has 8 aromatic rings. The Morgan fingerprint density at radius 3 is 1.24 bits per heavy atom. The largest absolute Gasteiger partial charge is 0.444 e. The minimum absolute atomic E-state index is 0.112. The van der Waals surface area contributed by atoms with E-state index in [1.165, 1.54) is 21.3 Å². The third-order valence-corrected chi connectivity index (χ3v) is 15.6. The fraction of sp³-hybridized carbons (Fsp3) is 0.0690. The summed E-state index contributed by atoms with van der Waals surface area (Å²) < 4.78 is 73.7. The predicted octanol–water partition coefficient (Wildman–Crippen LogP) is 9.27. The maximum absolute atomic E-state index is 14.6. The Balaban J connectivity index is 1.03. The number of hydrogen-bond donors (Lipinski definition) is 0. The van der Waals surface area contributed by atoms with Crippen molar-refractivity contribution in [1.82, 2.24) is 9.13 Å². The maximum Gasteiger partial charge on any atom is 0.419 e. The van der Waals surface area contributed by atoms with E-state index in [1.807, 2.05) is 36.4 Å². The number of hydrogen-bond acceptors (Lipinski definition) is 14. The summed E-state index contributed by atoms with van der Waals surface area (Å²) in [6, 6.07) is 30.6. The number of Topliss-reactive ketones (excluding diaryl/α,β-unsaturated/α-hetero) is 2. The van der Waals surface area contributed by atoms with Crippen LogP contribution in [0.5, 0.6) is 0 Å². The number of nitriles is 4. The van der Waals surface area contributed by atoms with E-state index >= 15 is 0 Å². The van der Waals surface area contributed by atoms with E-state index in [9.17, 15) is 57.8 Å². The van der Waals surface area contributed by atoms with Gasteiger partial charge in [0.05, 0.1) is 31.1 Å². The Labute approximate surface area is 443 Å². The van der Waals surface area contributed by atoms with Gasteiger partial charge in [0.2, 0.25) is 11.6 Å². The summed E-state index contributed by atoms with van der Waals surface area (Å²) in [5, 5.41) is 41.8. The average molecular weight is 1070 g/mol. The van der Waals surface area contributed by atoms with E-state index in [0.29, 0.717) is 64.8 Å². The lowest BCUT2D eigenvalue weighted by atomic mass is 9.84. The second-order valence-corrected chi connectivity index (χ2v) is 20.0. The van der Waals surface area contributed by atoms with Crippen LogP contribution >= 0.6 is 22.7 Å². The molecule has 0 amide bonds. The van der Waals surface area contributed by atoms with Crippen molar-refractivity contribution in [3.8, 4) is 24.3 Å². The third kappa shape index (κ3) is 7.78. The van der Waals surface area contributed by atoms with E-state index in [0.717, 1.165) is 34.8 Å². The van der Waals surface area contributed by atoms with Crippen LogP contribution in [0.3, 0.4) is 0 Å². The van der Waals surface area contributed by atoms with Crippen molar-refractivity contribution in [2.24, 2.45) is 21.8 Å². The van der Waals surface area contributed by atoms with Gasteiger partial charge in [-0.15, -0.1) is 22.7 Å². The minimum atomic E-state index is -1.32. The molecule has 78 heavy (non-hydrogen) atoms. The van der Waals surface area contributed by atoms with Crippen LogP contribution < -0.4 is 21.1 Å². The van der Waals surface area contributed by atoms with Gasteiger partial charge in [0.25, 0.3) is 0 Å². The molecule has 4 aromatic carbocycles. The zero-order valence-electron chi connectivity index (χ0n) is 39.5. The molecule has 0 saturated heterocycles. The molecule has 4 heterocycles. The van der Waals surface area contributed by atoms with E-state index in [-0.39, 0.29) is 56.6 Å². The van der Waals surface area contributed by atoms with Gasteiger partial charge in [-0.2, -0.15) is 21.0 Å². The molecule has 0 N–H and O–H groups in total. The van der Waals surface area contributed by atoms with Crippen molar-refractivity contribution in [3.63, 3.8) is 0 Å². The topological polar surface area (TPSA) is 216 Å². The van der Waals surface area contributed by atoms with Crippen LogP contribution in [0.15, 0.2) is 118 Å². The Kier molecular flexibility index (Phi) is 11.7. The van der Waals surface area contributed by atoms with Gasteiger partial charge in [-0.05, 0) is 47.5 Å². The molecule has 4 aromatic heterocycles. The van der Waals surface area contributed by atoms with Crippen molar-refractivity contribution < 1.29 is 46.2 Å². The molecular weight excluding hydrogens is 1040 g/mol. The van der Waals surface area contributed by atoms with Crippen LogP contribution in [0.2, 0.25) is 0 Å². The molecule has 0 spiro atoms. The number of aliphatic imine (C=N–C) groups is 2. The maximum atomic E-state index is 14.6. The molecule has 12 rings (SSSR count). The first-order valence-electron chi connectivity index (χ1n) is 23.3. The summed E-state index contributed by atoms with van der Waals surface area (Å²) in [7, 11) is 0. The average Bonchev–Trinajstić information content (AvgIpc) is 4.48. The molecular formula is C58H26F4N8O6S2. The number of carbonyl (C=O) groups is 4. The van der Waals surface area contributed by atoms with Gasteiger partial charge < -0.3 is 9.47 Å². The van der Waals surface area contributed by atoms with Crippen LogP contribution in [-0.2, 0) is 22.7 Å². The van der Waals surface area contributed by atoms with Crippen molar-refractivity contribution in [1.29, 1.82) is 21.0 Å². The molecule has 0 radical (unpaired) electrons. The monoisotopic (exact) mass is 1070 g/mol. The first kappa shape index (κ1) is 48.6. The lowest BCUT2D eigenvalue weighted by Gasteiger charge is -2.21. The lowest BCUT2D eigenvalue weighted by molar-refractivity contribution is 0.106. The van der Waals surface area contributed by atoms with Gasteiger partial charge in [0.15, 0.2) is 23.3 Å². The molecule has 4 aliphatic carbocycles.